The first-order chi connectivity index (χ1) is 8.63. The van der Waals surface area contributed by atoms with Crippen LogP contribution in [0.15, 0.2) is 30.6 Å². The number of hydrogen-bond donors (Lipinski definition) is 0. The largest absolute Gasteiger partial charge is 0.288 e. The first-order valence-corrected chi connectivity index (χ1v) is 6.02. The average molecular weight is 267 g/mol. The van der Waals surface area contributed by atoms with Crippen LogP contribution < -0.4 is 0 Å². The zero-order valence-electron chi connectivity index (χ0n) is 9.86. The Morgan fingerprint density at radius 3 is 3.00 bits per heavy atom. The van der Waals surface area contributed by atoms with E-state index in [0.29, 0.717) is 5.56 Å². The minimum absolute atomic E-state index is 0.0291. The van der Waals surface area contributed by atoms with Gasteiger partial charge in [0.2, 0.25) is 0 Å². The molecular formula is C13H12ClFN2O. The molecule has 0 fully saturated rings. The standard InChI is InChI=1S/C13H12ClFN2O/c1-2-6-17-8-9(7-16-17)13(18)10-4-3-5-11(14)12(10)15/h3-5,7-8H,2,6H2,1H3. The summed E-state index contributed by atoms with van der Waals surface area (Å²) in [5, 5.41) is 3.99. The molecule has 2 aromatic rings. The van der Waals surface area contributed by atoms with E-state index in [2.05, 4.69) is 5.10 Å². The predicted octanol–water partition coefficient (Wildman–Crippen LogP) is 3.32. The van der Waals surface area contributed by atoms with E-state index < -0.39 is 11.6 Å². The average Bonchev–Trinajstić information content (AvgIpc) is 2.81. The third-order valence-electron chi connectivity index (χ3n) is 2.54. The first kappa shape index (κ1) is 12.8. The van der Waals surface area contributed by atoms with Crippen molar-refractivity contribution in [2.24, 2.45) is 0 Å². The van der Waals surface area contributed by atoms with Gasteiger partial charge in [-0.15, -0.1) is 0 Å². The molecule has 0 bridgehead atoms. The topological polar surface area (TPSA) is 34.9 Å². The van der Waals surface area contributed by atoms with E-state index in [0.717, 1.165) is 13.0 Å². The van der Waals surface area contributed by atoms with Crippen LogP contribution in [-0.4, -0.2) is 15.6 Å². The van der Waals surface area contributed by atoms with Crippen LogP contribution in [0.3, 0.4) is 0 Å². The van der Waals surface area contributed by atoms with E-state index in [9.17, 15) is 9.18 Å². The number of carbonyl (C=O) groups excluding carboxylic acids is 1. The minimum atomic E-state index is -0.688. The lowest BCUT2D eigenvalue weighted by molar-refractivity contribution is 0.103. The SMILES string of the molecule is CCCn1cc(C(=O)c2cccc(Cl)c2F)cn1. The lowest BCUT2D eigenvalue weighted by atomic mass is 10.1. The van der Waals surface area contributed by atoms with Crippen LogP contribution in [0.25, 0.3) is 0 Å². The van der Waals surface area contributed by atoms with E-state index in [1.54, 1.807) is 16.9 Å². The van der Waals surface area contributed by atoms with Crippen LogP contribution in [-0.2, 0) is 6.54 Å². The summed E-state index contributed by atoms with van der Waals surface area (Å²) in [5.41, 5.74) is 0.336. The van der Waals surface area contributed by atoms with Gasteiger partial charge in [-0.2, -0.15) is 5.10 Å². The quantitative estimate of drug-likeness (QED) is 0.796. The second-order valence-electron chi connectivity index (χ2n) is 3.92. The second-order valence-corrected chi connectivity index (χ2v) is 4.33. The highest BCUT2D eigenvalue weighted by molar-refractivity contribution is 6.31. The molecule has 1 aromatic carbocycles. The van der Waals surface area contributed by atoms with Crippen LogP contribution in [0, 0.1) is 5.82 Å². The molecule has 2 rings (SSSR count). The molecule has 1 heterocycles. The fraction of sp³-hybridized carbons (Fsp3) is 0.231. The molecule has 18 heavy (non-hydrogen) atoms. The molecule has 0 aliphatic carbocycles. The summed E-state index contributed by atoms with van der Waals surface area (Å²) in [7, 11) is 0. The third kappa shape index (κ3) is 2.43. The summed E-state index contributed by atoms with van der Waals surface area (Å²) in [5.74, 6) is -1.09. The monoisotopic (exact) mass is 266 g/mol. The van der Waals surface area contributed by atoms with Crippen molar-refractivity contribution in [3.05, 3.63) is 52.6 Å². The van der Waals surface area contributed by atoms with Gasteiger partial charge in [0.25, 0.3) is 0 Å². The zero-order valence-corrected chi connectivity index (χ0v) is 10.6. The zero-order chi connectivity index (χ0) is 13.1. The van der Waals surface area contributed by atoms with Crippen molar-refractivity contribution < 1.29 is 9.18 Å². The molecule has 0 saturated heterocycles. The number of nitrogens with zero attached hydrogens (tertiary/aromatic N) is 2. The summed E-state index contributed by atoms with van der Waals surface area (Å²) in [6.07, 6.45) is 3.98. The Morgan fingerprint density at radius 2 is 2.28 bits per heavy atom. The normalized spacial score (nSPS) is 10.6. The Bertz CT molecular complexity index is 580. The molecule has 0 N–H and O–H groups in total. The molecule has 3 nitrogen and oxygen atoms in total. The molecule has 0 aliphatic heterocycles. The van der Waals surface area contributed by atoms with E-state index in [-0.39, 0.29) is 10.6 Å². The number of aromatic nitrogens is 2. The van der Waals surface area contributed by atoms with Crippen molar-refractivity contribution in [2.75, 3.05) is 0 Å². The minimum Gasteiger partial charge on any atom is -0.288 e. The van der Waals surface area contributed by atoms with Crippen molar-refractivity contribution in [3.63, 3.8) is 0 Å². The van der Waals surface area contributed by atoms with Gasteiger partial charge in [-0.3, -0.25) is 9.48 Å². The third-order valence-corrected chi connectivity index (χ3v) is 2.84. The Hall–Kier alpha value is -1.68. The van der Waals surface area contributed by atoms with Crippen molar-refractivity contribution in [1.82, 2.24) is 9.78 Å². The summed E-state index contributed by atoms with van der Waals surface area (Å²) in [4.78, 5) is 12.1. The maximum absolute atomic E-state index is 13.7. The molecule has 94 valence electrons. The number of ketones is 1. The molecule has 0 radical (unpaired) electrons. The molecule has 0 unspecified atom stereocenters. The van der Waals surface area contributed by atoms with Gasteiger partial charge in [0.15, 0.2) is 11.6 Å². The van der Waals surface area contributed by atoms with E-state index in [1.165, 1.54) is 18.3 Å². The highest BCUT2D eigenvalue weighted by Gasteiger charge is 2.17. The number of aryl methyl sites for hydroxylation is 1. The fourth-order valence-corrected chi connectivity index (χ4v) is 1.84. The lowest BCUT2D eigenvalue weighted by Crippen LogP contribution is -2.04. The van der Waals surface area contributed by atoms with Crippen LogP contribution >= 0.6 is 11.6 Å². The van der Waals surface area contributed by atoms with Gasteiger partial charge in [0, 0.05) is 12.7 Å². The fourth-order valence-electron chi connectivity index (χ4n) is 1.67. The molecule has 0 atom stereocenters. The molecular weight excluding hydrogens is 255 g/mol. The first-order valence-electron chi connectivity index (χ1n) is 5.64. The maximum Gasteiger partial charge on any atom is 0.199 e. The number of rotatable bonds is 4. The highest BCUT2D eigenvalue weighted by atomic mass is 35.5. The van der Waals surface area contributed by atoms with Crippen LogP contribution in [0.2, 0.25) is 5.02 Å². The van der Waals surface area contributed by atoms with Crippen LogP contribution in [0.4, 0.5) is 4.39 Å². The Morgan fingerprint density at radius 1 is 1.50 bits per heavy atom. The number of carbonyl (C=O) groups is 1. The maximum atomic E-state index is 13.7. The van der Waals surface area contributed by atoms with Gasteiger partial charge >= 0.3 is 0 Å². The number of hydrogen-bond acceptors (Lipinski definition) is 2. The van der Waals surface area contributed by atoms with Crippen molar-refractivity contribution in [2.45, 2.75) is 19.9 Å². The summed E-state index contributed by atoms with van der Waals surface area (Å²) < 4.78 is 15.4. The van der Waals surface area contributed by atoms with Gasteiger partial charge < -0.3 is 0 Å². The second kappa shape index (κ2) is 5.31. The van der Waals surface area contributed by atoms with Gasteiger partial charge in [0.1, 0.15) is 0 Å². The van der Waals surface area contributed by atoms with Crippen molar-refractivity contribution in [3.8, 4) is 0 Å². The molecule has 5 heteroatoms. The Labute approximate surface area is 109 Å². The molecule has 0 saturated carbocycles. The van der Waals surface area contributed by atoms with Crippen molar-refractivity contribution >= 4 is 17.4 Å². The summed E-state index contributed by atoms with van der Waals surface area (Å²) in [6.45, 7) is 2.74. The molecule has 0 aliphatic rings. The Balaban J connectivity index is 2.32. The molecule has 0 spiro atoms. The van der Waals surface area contributed by atoms with E-state index in [4.69, 9.17) is 11.6 Å². The number of benzene rings is 1. The van der Waals surface area contributed by atoms with Gasteiger partial charge in [0.05, 0.1) is 22.3 Å². The van der Waals surface area contributed by atoms with Gasteiger partial charge in [-0.25, -0.2) is 4.39 Å². The Kier molecular flexibility index (Phi) is 3.77. The van der Waals surface area contributed by atoms with Gasteiger partial charge in [-0.1, -0.05) is 24.6 Å². The van der Waals surface area contributed by atoms with E-state index >= 15 is 0 Å². The van der Waals surface area contributed by atoms with Crippen molar-refractivity contribution in [1.29, 1.82) is 0 Å². The predicted molar refractivity (Wildman–Crippen MR) is 67.4 cm³/mol. The van der Waals surface area contributed by atoms with E-state index in [1.807, 2.05) is 6.92 Å². The summed E-state index contributed by atoms with van der Waals surface area (Å²) in [6, 6.07) is 4.38. The highest BCUT2D eigenvalue weighted by Crippen LogP contribution is 2.20. The smallest absolute Gasteiger partial charge is 0.199 e. The lowest BCUT2D eigenvalue weighted by Gasteiger charge is -2.01. The molecule has 0 amide bonds. The van der Waals surface area contributed by atoms with Crippen LogP contribution in [0.1, 0.15) is 29.3 Å². The van der Waals surface area contributed by atoms with Crippen LogP contribution in [0.5, 0.6) is 0 Å². The molecule has 1 aromatic heterocycles. The number of halogens is 2. The van der Waals surface area contributed by atoms with Gasteiger partial charge in [-0.05, 0) is 18.6 Å². The summed E-state index contributed by atoms with van der Waals surface area (Å²) >= 11 is 5.65.